The molecule has 0 aliphatic heterocycles. The molecule has 0 saturated carbocycles. The molecular formula is C14H19FIN3. The molecule has 1 heterocycles. The van der Waals surface area contributed by atoms with E-state index in [9.17, 15) is 4.39 Å². The number of benzene rings is 1. The molecule has 3 nitrogen and oxygen atoms in total. The lowest BCUT2D eigenvalue weighted by Gasteiger charge is -2.15. The van der Waals surface area contributed by atoms with Gasteiger partial charge in [0.2, 0.25) is 5.95 Å². The predicted octanol–water partition coefficient (Wildman–Crippen LogP) is 4.50. The van der Waals surface area contributed by atoms with Crippen LogP contribution in [0.15, 0.2) is 12.1 Å². The molecule has 0 aliphatic carbocycles. The monoisotopic (exact) mass is 375 g/mol. The van der Waals surface area contributed by atoms with Gasteiger partial charge in [0.15, 0.2) is 0 Å². The highest BCUT2D eigenvalue weighted by Crippen LogP contribution is 2.28. The summed E-state index contributed by atoms with van der Waals surface area (Å²) in [5.74, 6) is 0.260. The second-order valence-corrected chi connectivity index (χ2v) is 6.10. The average molecular weight is 375 g/mol. The van der Waals surface area contributed by atoms with Gasteiger partial charge in [-0.3, -0.25) is 0 Å². The minimum atomic E-state index is -0.213. The highest BCUT2D eigenvalue weighted by atomic mass is 127. The zero-order valence-electron chi connectivity index (χ0n) is 11.3. The van der Waals surface area contributed by atoms with Crippen LogP contribution in [0, 0.1) is 9.39 Å². The number of nitrogens with zero attached hydrogens (tertiary/aromatic N) is 2. The summed E-state index contributed by atoms with van der Waals surface area (Å²) in [7, 11) is 0. The molecule has 1 aromatic heterocycles. The van der Waals surface area contributed by atoms with E-state index in [1.807, 2.05) is 27.2 Å². The Morgan fingerprint density at radius 1 is 1.42 bits per heavy atom. The summed E-state index contributed by atoms with van der Waals surface area (Å²) in [5, 5.41) is 0. The van der Waals surface area contributed by atoms with Gasteiger partial charge in [-0.1, -0.05) is 26.2 Å². The normalized spacial score (nSPS) is 13.1. The van der Waals surface area contributed by atoms with Crippen LogP contribution in [0.4, 0.5) is 10.3 Å². The van der Waals surface area contributed by atoms with Gasteiger partial charge in [0.1, 0.15) is 5.82 Å². The number of nitrogens with two attached hydrogens (primary N) is 1. The van der Waals surface area contributed by atoms with E-state index in [2.05, 4.69) is 18.8 Å². The Balaban J connectivity index is 2.36. The smallest absolute Gasteiger partial charge is 0.201 e. The quantitative estimate of drug-likeness (QED) is 0.618. The molecule has 1 unspecified atom stereocenters. The van der Waals surface area contributed by atoms with Gasteiger partial charge in [-0.05, 0) is 42.0 Å². The average Bonchev–Trinajstić information content (AvgIpc) is 2.65. The van der Waals surface area contributed by atoms with Crippen LogP contribution in [-0.2, 0) is 0 Å². The Bertz CT molecular complexity index is 580. The number of nitrogen functional groups attached to an aromatic ring is 1. The predicted molar refractivity (Wildman–Crippen MR) is 85.7 cm³/mol. The molecule has 5 heteroatoms. The van der Waals surface area contributed by atoms with E-state index < -0.39 is 0 Å². The zero-order chi connectivity index (χ0) is 14.0. The molecule has 2 rings (SSSR count). The molecule has 19 heavy (non-hydrogen) atoms. The SMILES string of the molecule is CCCCCC(C)n1c(N)nc2cc(I)c(F)cc21. The molecule has 0 aliphatic rings. The fourth-order valence-electron chi connectivity index (χ4n) is 2.39. The Morgan fingerprint density at radius 2 is 2.16 bits per heavy atom. The van der Waals surface area contributed by atoms with Gasteiger partial charge in [-0.25, -0.2) is 9.37 Å². The van der Waals surface area contributed by atoms with Gasteiger partial charge >= 0.3 is 0 Å². The summed E-state index contributed by atoms with van der Waals surface area (Å²) in [5.41, 5.74) is 7.55. The summed E-state index contributed by atoms with van der Waals surface area (Å²) < 4.78 is 16.2. The Kier molecular flexibility index (Phi) is 4.65. The molecule has 0 fully saturated rings. The van der Waals surface area contributed by atoms with E-state index in [0.717, 1.165) is 23.9 Å². The van der Waals surface area contributed by atoms with Crippen molar-refractivity contribution in [3.8, 4) is 0 Å². The number of anilines is 1. The largest absolute Gasteiger partial charge is 0.369 e. The minimum absolute atomic E-state index is 0.213. The van der Waals surface area contributed by atoms with Crippen molar-refractivity contribution >= 4 is 39.6 Å². The second-order valence-electron chi connectivity index (χ2n) is 4.94. The molecule has 104 valence electrons. The van der Waals surface area contributed by atoms with E-state index in [1.54, 1.807) is 6.07 Å². The van der Waals surface area contributed by atoms with E-state index in [-0.39, 0.29) is 11.9 Å². The van der Waals surface area contributed by atoms with Crippen LogP contribution in [-0.4, -0.2) is 9.55 Å². The van der Waals surface area contributed by atoms with Crippen LogP contribution < -0.4 is 5.73 Å². The first-order chi connectivity index (χ1) is 9.04. The number of hydrogen-bond acceptors (Lipinski definition) is 2. The van der Waals surface area contributed by atoms with Crippen molar-refractivity contribution in [1.29, 1.82) is 0 Å². The topological polar surface area (TPSA) is 43.8 Å². The van der Waals surface area contributed by atoms with Crippen LogP contribution in [0.2, 0.25) is 0 Å². The first kappa shape index (κ1) is 14.6. The van der Waals surface area contributed by atoms with Gasteiger partial charge in [0.25, 0.3) is 0 Å². The lowest BCUT2D eigenvalue weighted by molar-refractivity contribution is 0.491. The lowest BCUT2D eigenvalue weighted by Crippen LogP contribution is -2.09. The van der Waals surface area contributed by atoms with Crippen molar-refractivity contribution in [2.75, 3.05) is 5.73 Å². The minimum Gasteiger partial charge on any atom is -0.369 e. The fourth-order valence-corrected chi connectivity index (χ4v) is 2.84. The van der Waals surface area contributed by atoms with E-state index in [0.29, 0.717) is 9.52 Å². The summed E-state index contributed by atoms with van der Waals surface area (Å²) in [6.45, 7) is 4.30. The van der Waals surface area contributed by atoms with Crippen molar-refractivity contribution in [2.45, 2.75) is 45.6 Å². The number of halogens is 2. The van der Waals surface area contributed by atoms with Crippen LogP contribution >= 0.6 is 22.6 Å². The number of rotatable bonds is 5. The van der Waals surface area contributed by atoms with E-state index >= 15 is 0 Å². The summed E-state index contributed by atoms with van der Waals surface area (Å²) in [6, 6.07) is 3.53. The number of fused-ring (bicyclic) bond motifs is 1. The number of imidazole rings is 1. The highest BCUT2D eigenvalue weighted by molar-refractivity contribution is 14.1. The second kappa shape index (κ2) is 6.07. The van der Waals surface area contributed by atoms with Crippen LogP contribution in [0.3, 0.4) is 0 Å². The molecular weight excluding hydrogens is 356 g/mol. The first-order valence-corrected chi connectivity index (χ1v) is 7.75. The van der Waals surface area contributed by atoms with Crippen LogP contribution in [0.25, 0.3) is 11.0 Å². The van der Waals surface area contributed by atoms with Crippen molar-refractivity contribution in [3.05, 3.63) is 21.5 Å². The molecule has 0 spiro atoms. The third-order valence-electron chi connectivity index (χ3n) is 3.43. The van der Waals surface area contributed by atoms with Gasteiger partial charge in [-0.15, -0.1) is 0 Å². The highest BCUT2D eigenvalue weighted by Gasteiger charge is 2.15. The molecule has 2 N–H and O–H groups in total. The molecule has 1 atom stereocenters. The Morgan fingerprint density at radius 3 is 2.84 bits per heavy atom. The Hall–Kier alpha value is -0.850. The van der Waals surface area contributed by atoms with Crippen molar-refractivity contribution in [3.63, 3.8) is 0 Å². The van der Waals surface area contributed by atoms with Crippen molar-refractivity contribution in [2.24, 2.45) is 0 Å². The molecule has 0 bridgehead atoms. The number of unbranched alkanes of at least 4 members (excludes halogenated alkanes) is 2. The Labute approximate surface area is 126 Å². The number of hydrogen-bond donors (Lipinski definition) is 1. The van der Waals surface area contributed by atoms with Crippen LogP contribution in [0.5, 0.6) is 0 Å². The molecule has 0 saturated heterocycles. The van der Waals surface area contributed by atoms with Gasteiger partial charge in [-0.2, -0.15) is 0 Å². The number of aromatic nitrogens is 2. The lowest BCUT2D eigenvalue weighted by atomic mass is 10.1. The van der Waals surface area contributed by atoms with Gasteiger partial charge in [0.05, 0.1) is 14.6 Å². The van der Waals surface area contributed by atoms with E-state index in [1.165, 1.54) is 18.9 Å². The maximum absolute atomic E-state index is 13.7. The van der Waals surface area contributed by atoms with E-state index in [4.69, 9.17) is 5.73 Å². The summed E-state index contributed by atoms with van der Waals surface area (Å²) >= 11 is 1.97. The molecule has 0 amide bonds. The van der Waals surface area contributed by atoms with Gasteiger partial charge < -0.3 is 10.3 Å². The van der Waals surface area contributed by atoms with Crippen LogP contribution in [0.1, 0.15) is 45.6 Å². The van der Waals surface area contributed by atoms with Gasteiger partial charge in [0, 0.05) is 12.1 Å². The molecule has 0 radical (unpaired) electrons. The fraction of sp³-hybridized carbons (Fsp3) is 0.500. The van der Waals surface area contributed by atoms with Crippen molar-refractivity contribution < 1.29 is 4.39 Å². The standard InChI is InChI=1S/C14H19FIN3/c1-3-4-5-6-9(2)19-13-7-10(15)11(16)8-12(13)18-14(19)17/h7-9H,3-6H2,1-2H3,(H2,17,18). The summed E-state index contributed by atoms with van der Waals surface area (Å²) in [6.07, 6.45) is 4.60. The molecule has 1 aromatic carbocycles. The first-order valence-electron chi connectivity index (χ1n) is 6.67. The third kappa shape index (κ3) is 3.01. The van der Waals surface area contributed by atoms with Crippen molar-refractivity contribution in [1.82, 2.24) is 9.55 Å². The third-order valence-corrected chi connectivity index (χ3v) is 4.25. The molecule has 2 aromatic rings. The zero-order valence-corrected chi connectivity index (χ0v) is 13.4. The summed E-state index contributed by atoms with van der Waals surface area (Å²) in [4.78, 5) is 4.33. The maximum atomic E-state index is 13.7. The maximum Gasteiger partial charge on any atom is 0.201 e.